The second kappa shape index (κ2) is 2.94. The molecular formula is C12H13N3. The Morgan fingerprint density at radius 3 is 2.60 bits per heavy atom. The van der Waals surface area contributed by atoms with Crippen molar-refractivity contribution in [1.29, 1.82) is 0 Å². The average Bonchev–Trinajstić information content (AvgIpc) is 2.75. The second-order valence-electron chi connectivity index (χ2n) is 3.97. The summed E-state index contributed by atoms with van der Waals surface area (Å²) in [5, 5.41) is 3.49. The van der Waals surface area contributed by atoms with Crippen LogP contribution in [0.2, 0.25) is 0 Å². The Labute approximate surface area is 88.8 Å². The molecule has 0 aliphatic carbocycles. The van der Waals surface area contributed by atoms with Crippen LogP contribution in [0.1, 0.15) is 12.5 Å². The third kappa shape index (κ3) is 1.13. The first-order chi connectivity index (χ1) is 7.34. The van der Waals surface area contributed by atoms with E-state index in [-0.39, 0.29) is 5.66 Å². The number of benzene rings is 1. The van der Waals surface area contributed by atoms with Gasteiger partial charge >= 0.3 is 0 Å². The molecule has 3 heteroatoms. The van der Waals surface area contributed by atoms with Crippen LogP contribution in [0, 0.1) is 0 Å². The van der Waals surface area contributed by atoms with Crippen LogP contribution in [-0.4, -0.2) is 15.6 Å². The number of rotatable bonds is 2. The molecule has 2 aromatic rings. The topological polar surface area (TPSA) is 39.8 Å². The number of imidazole rings is 1. The minimum absolute atomic E-state index is 0.0717. The Bertz CT molecular complexity index is 449. The molecule has 0 saturated carbocycles. The van der Waals surface area contributed by atoms with E-state index in [4.69, 9.17) is 0 Å². The zero-order valence-electron chi connectivity index (χ0n) is 8.59. The summed E-state index contributed by atoms with van der Waals surface area (Å²) in [4.78, 5) is 4.11. The third-order valence-corrected chi connectivity index (χ3v) is 3.11. The van der Waals surface area contributed by atoms with E-state index in [0.29, 0.717) is 6.04 Å². The number of hydrogen-bond donors (Lipinski definition) is 1. The number of nitrogens with zero attached hydrogens (tertiary/aromatic N) is 2. The fraction of sp³-hybridized carbons (Fsp3) is 0.250. The highest BCUT2D eigenvalue weighted by atomic mass is 15.4. The van der Waals surface area contributed by atoms with Gasteiger partial charge in [-0.1, -0.05) is 30.3 Å². The molecular weight excluding hydrogens is 186 g/mol. The van der Waals surface area contributed by atoms with Crippen LogP contribution in [0.15, 0.2) is 49.1 Å². The summed E-state index contributed by atoms with van der Waals surface area (Å²) in [6, 6.07) is 10.9. The van der Waals surface area contributed by atoms with Gasteiger partial charge in [0.25, 0.3) is 0 Å². The van der Waals surface area contributed by atoms with Crippen LogP contribution in [0.4, 0.5) is 0 Å². The van der Waals surface area contributed by atoms with Gasteiger partial charge in [0.2, 0.25) is 0 Å². The smallest absolute Gasteiger partial charge is 0.138 e. The molecule has 0 bridgehead atoms. The molecule has 1 fully saturated rings. The van der Waals surface area contributed by atoms with Gasteiger partial charge in [0, 0.05) is 18.4 Å². The van der Waals surface area contributed by atoms with E-state index < -0.39 is 0 Å². The molecule has 1 aromatic heterocycles. The molecule has 0 unspecified atom stereocenters. The zero-order chi connectivity index (χ0) is 10.3. The van der Waals surface area contributed by atoms with Crippen LogP contribution < -0.4 is 5.32 Å². The molecule has 2 atom stereocenters. The minimum atomic E-state index is -0.0717. The molecule has 2 heterocycles. The summed E-state index contributed by atoms with van der Waals surface area (Å²) in [5.41, 5.74) is 1.22. The molecule has 0 amide bonds. The maximum Gasteiger partial charge on any atom is 0.138 e. The standard InChI is InChI=1S/C12H13N3/c1-10-12(14-10,15-8-7-13-9-15)11-5-3-2-4-6-11/h2-10,14H,1H3/t10-,12-/m1/s1. The predicted molar refractivity (Wildman–Crippen MR) is 58.3 cm³/mol. The number of hydrogen-bond acceptors (Lipinski definition) is 2. The average molecular weight is 199 g/mol. The molecule has 76 valence electrons. The lowest BCUT2D eigenvalue weighted by Crippen LogP contribution is -2.23. The fourth-order valence-electron chi connectivity index (χ4n) is 2.23. The highest BCUT2D eigenvalue weighted by molar-refractivity contribution is 5.34. The van der Waals surface area contributed by atoms with Crippen molar-refractivity contribution in [3.05, 3.63) is 54.6 Å². The summed E-state index contributed by atoms with van der Waals surface area (Å²) in [6.45, 7) is 2.19. The molecule has 1 aliphatic heterocycles. The first-order valence-corrected chi connectivity index (χ1v) is 5.16. The maximum absolute atomic E-state index is 4.11. The summed E-state index contributed by atoms with van der Waals surface area (Å²) in [6.07, 6.45) is 5.68. The Morgan fingerprint density at radius 2 is 2.07 bits per heavy atom. The van der Waals surface area contributed by atoms with Crippen molar-refractivity contribution in [2.75, 3.05) is 0 Å². The summed E-state index contributed by atoms with van der Waals surface area (Å²) in [7, 11) is 0. The number of nitrogens with one attached hydrogen (secondary N) is 1. The zero-order valence-corrected chi connectivity index (χ0v) is 8.59. The van der Waals surface area contributed by atoms with Gasteiger partial charge < -0.3 is 4.57 Å². The third-order valence-electron chi connectivity index (χ3n) is 3.11. The molecule has 1 aliphatic rings. The summed E-state index contributed by atoms with van der Waals surface area (Å²) in [5.74, 6) is 0. The van der Waals surface area contributed by atoms with Gasteiger partial charge in [-0.15, -0.1) is 0 Å². The SMILES string of the molecule is C[C@H]1N[C@@]1(c1ccccc1)n1ccnc1. The lowest BCUT2D eigenvalue weighted by molar-refractivity contribution is 0.541. The van der Waals surface area contributed by atoms with E-state index in [1.54, 1.807) is 0 Å². The van der Waals surface area contributed by atoms with Crippen molar-refractivity contribution in [2.45, 2.75) is 18.6 Å². The normalized spacial score (nSPS) is 29.0. The van der Waals surface area contributed by atoms with Gasteiger partial charge in [-0.25, -0.2) is 4.98 Å². The number of aromatic nitrogens is 2. The van der Waals surface area contributed by atoms with Crippen molar-refractivity contribution >= 4 is 0 Å². The van der Waals surface area contributed by atoms with E-state index >= 15 is 0 Å². The molecule has 1 N–H and O–H groups in total. The monoisotopic (exact) mass is 199 g/mol. The maximum atomic E-state index is 4.11. The largest absolute Gasteiger partial charge is 0.313 e. The van der Waals surface area contributed by atoms with Crippen LogP contribution in [-0.2, 0) is 5.66 Å². The van der Waals surface area contributed by atoms with Crippen molar-refractivity contribution in [3.63, 3.8) is 0 Å². The van der Waals surface area contributed by atoms with Crippen LogP contribution >= 0.6 is 0 Å². The molecule has 0 spiro atoms. The molecule has 1 saturated heterocycles. The second-order valence-corrected chi connectivity index (χ2v) is 3.97. The van der Waals surface area contributed by atoms with Crippen LogP contribution in [0.25, 0.3) is 0 Å². The first kappa shape index (κ1) is 8.68. The molecule has 3 rings (SSSR count). The first-order valence-electron chi connectivity index (χ1n) is 5.16. The summed E-state index contributed by atoms with van der Waals surface area (Å²) < 4.78 is 2.13. The van der Waals surface area contributed by atoms with Gasteiger partial charge in [-0.3, -0.25) is 5.32 Å². The summed E-state index contributed by atoms with van der Waals surface area (Å²) >= 11 is 0. The van der Waals surface area contributed by atoms with Gasteiger partial charge in [-0.05, 0) is 12.5 Å². The lowest BCUT2D eigenvalue weighted by atomic mass is 10.0. The lowest BCUT2D eigenvalue weighted by Gasteiger charge is -2.16. The molecule has 3 nitrogen and oxygen atoms in total. The quantitative estimate of drug-likeness (QED) is 0.746. The Balaban J connectivity index is 2.10. The molecule has 1 aromatic carbocycles. The van der Waals surface area contributed by atoms with Gasteiger partial charge in [0.1, 0.15) is 5.66 Å². The molecule has 15 heavy (non-hydrogen) atoms. The van der Waals surface area contributed by atoms with Crippen molar-refractivity contribution < 1.29 is 0 Å². The van der Waals surface area contributed by atoms with Crippen molar-refractivity contribution in [2.24, 2.45) is 0 Å². The van der Waals surface area contributed by atoms with Crippen molar-refractivity contribution in [3.8, 4) is 0 Å². The van der Waals surface area contributed by atoms with E-state index in [1.165, 1.54) is 5.56 Å². The van der Waals surface area contributed by atoms with Crippen LogP contribution in [0.3, 0.4) is 0 Å². The van der Waals surface area contributed by atoms with Crippen molar-refractivity contribution in [1.82, 2.24) is 14.9 Å². The highest BCUT2D eigenvalue weighted by Crippen LogP contribution is 2.38. The Kier molecular flexibility index (Phi) is 1.70. The van der Waals surface area contributed by atoms with Crippen LogP contribution in [0.5, 0.6) is 0 Å². The molecule has 0 radical (unpaired) electrons. The highest BCUT2D eigenvalue weighted by Gasteiger charge is 2.53. The van der Waals surface area contributed by atoms with E-state index in [0.717, 1.165) is 0 Å². The Hall–Kier alpha value is -1.61. The van der Waals surface area contributed by atoms with E-state index in [1.807, 2.05) is 24.8 Å². The van der Waals surface area contributed by atoms with E-state index in [2.05, 4.69) is 46.1 Å². The predicted octanol–water partition coefficient (Wildman–Crippen LogP) is 1.58. The fourth-order valence-corrected chi connectivity index (χ4v) is 2.23. The van der Waals surface area contributed by atoms with Gasteiger partial charge in [0.05, 0.1) is 6.33 Å². The van der Waals surface area contributed by atoms with Gasteiger partial charge in [0.15, 0.2) is 0 Å². The van der Waals surface area contributed by atoms with Gasteiger partial charge in [-0.2, -0.15) is 0 Å². The Morgan fingerprint density at radius 1 is 1.33 bits per heavy atom. The van der Waals surface area contributed by atoms with E-state index in [9.17, 15) is 0 Å². The minimum Gasteiger partial charge on any atom is -0.313 e.